The number of hydrogen-bond acceptors (Lipinski definition) is 6. The molecule has 0 bridgehead atoms. The quantitative estimate of drug-likeness (QED) is 0.836. The van der Waals surface area contributed by atoms with E-state index in [1.54, 1.807) is 18.7 Å². The lowest BCUT2D eigenvalue weighted by atomic mass is 10.2. The normalized spacial score (nSPS) is 15.5. The summed E-state index contributed by atoms with van der Waals surface area (Å²) in [6.45, 7) is 5.55. The molecule has 1 aliphatic heterocycles. The maximum Gasteiger partial charge on any atom is 0.225 e. The van der Waals surface area contributed by atoms with Crippen molar-refractivity contribution in [3.05, 3.63) is 35.5 Å². The Labute approximate surface area is 122 Å². The number of halogens is 1. The van der Waals surface area contributed by atoms with Crippen molar-refractivity contribution < 1.29 is 0 Å². The molecular weight excluding hydrogens is 276 g/mol. The molecule has 0 spiro atoms. The van der Waals surface area contributed by atoms with Gasteiger partial charge in [0.2, 0.25) is 5.95 Å². The second-order valence-electron chi connectivity index (χ2n) is 4.70. The number of anilines is 2. The number of hydrogen-bond donors (Lipinski definition) is 0. The molecule has 1 fully saturated rings. The molecule has 0 atom stereocenters. The Kier molecular flexibility index (Phi) is 3.64. The second-order valence-corrected chi connectivity index (χ2v) is 5.14. The van der Waals surface area contributed by atoms with E-state index in [0.717, 1.165) is 43.5 Å². The van der Waals surface area contributed by atoms with E-state index in [1.165, 1.54) is 0 Å². The van der Waals surface area contributed by atoms with Gasteiger partial charge in [-0.05, 0) is 6.92 Å². The average Bonchev–Trinajstić information content (AvgIpc) is 2.49. The zero-order valence-electron chi connectivity index (χ0n) is 11.2. The Morgan fingerprint density at radius 3 is 2.25 bits per heavy atom. The fourth-order valence-electron chi connectivity index (χ4n) is 2.31. The van der Waals surface area contributed by atoms with E-state index >= 15 is 0 Å². The SMILES string of the molecule is Cc1cncnc1N1CCN(c2ncc(Cl)cn2)CC1. The summed E-state index contributed by atoms with van der Waals surface area (Å²) < 4.78 is 0. The van der Waals surface area contributed by atoms with E-state index in [2.05, 4.69) is 29.7 Å². The van der Waals surface area contributed by atoms with Gasteiger partial charge in [-0.3, -0.25) is 0 Å². The van der Waals surface area contributed by atoms with Gasteiger partial charge in [-0.2, -0.15) is 0 Å². The first-order valence-corrected chi connectivity index (χ1v) is 6.86. The summed E-state index contributed by atoms with van der Waals surface area (Å²) in [6, 6.07) is 0. The molecule has 0 radical (unpaired) electrons. The van der Waals surface area contributed by atoms with Gasteiger partial charge in [0.25, 0.3) is 0 Å². The van der Waals surface area contributed by atoms with Crippen molar-refractivity contribution in [3.63, 3.8) is 0 Å². The van der Waals surface area contributed by atoms with Gasteiger partial charge in [-0.25, -0.2) is 19.9 Å². The van der Waals surface area contributed by atoms with Crippen molar-refractivity contribution in [1.29, 1.82) is 0 Å². The molecule has 0 aliphatic carbocycles. The van der Waals surface area contributed by atoms with Crippen LogP contribution in [0.1, 0.15) is 5.56 Å². The van der Waals surface area contributed by atoms with Crippen molar-refractivity contribution in [2.45, 2.75) is 6.92 Å². The molecule has 1 aliphatic rings. The minimum absolute atomic E-state index is 0.559. The van der Waals surface area contributed by atoms with E-state index in [-0.39, 0.29) is 0 Å². The summed E-state index contributed by atoms with van der Waals surface area (Å²) in [5, 5.41) is 0.559. The lowest BCUT2D eigenvalue weighted by Crippen LogP contribution is -2.47. The smallest absolute Gasteiger partial charge is 0.225 e. The first-order chi connectivity index (χ1) is 9.74. The Balaban J connectivity index is 1.68. The third-order valence-electron chi connectivity index (χ3n) is 3.34. The molecule has 0 aromatic carbocycles. The molecule has 0 amide bonds. The standard InChI is InChI=1S/C13H15ClN6/c1-10-6-15-9-18-12(10)19-2-4-20(5-3-19)13-16-7-11(14)8-17-13/h6-9H,2-5H2,1H3. The van der Waals surface area contributed by atoms with Gasteiger partial charge >= 0.3 is 0 Å². The highest BCUT2D eigenvalue weighted by molar-refractivity contribution is 6.30. The predicted molar refractivity (Wildman–Crippen MR) is 78.2 cm³/mol. The highest BCUT2D eigenvalue weighted by Crippen LogP contribution is 2.19. The van der Waals surface area contributed by atoms with E-state index in [4.69, 9.17) is 11.6 Å². The minimum Gasteiger partial charge on any atom is -0.353 e. The summed E-state index contributed by atoms with van der Waals surface area (Å²) >= 11 is 5.81. The zero-order chi connectivity index (χ0) is 13.9. The fraction of sp³-hybridized carbons (Fsp3) is 0.385. The topological polar surface area (TPSA) is 58.0 Å². The van der Waals surface area contributed by atoms with Crippen molar-refractivity contribution in [2.75, 3.05) is 36.0 Å². The molecule has 0 N–H and O–H groups in total. The van der Waals surface area contributed by atoms with Gasteiger partial charge in [0.1, 0.15) is 12.1 Å². The molecule has 2 aromatic heterocycles. The van der Waals surface area contributed by atoms with Gasteiger partial charge in [0, 0.05) is 37.9 Å². The maximum atomic E-state index is 5.81. The maximum absolute atomic E-state index is 5.81. The van der Waals surface area contributed by atoms with Crippen LogP contribution in [0.4, 0.5) is 11.8 Å². The van der Waals surface area contributed by atoms with Crippen LogP contribution in [0.15, 0.2) is 24.9 Å². The molecule has 3 heterocycles. The third kappa shape index (κ3) is 2.65. The molecule has 6 nitrogen and oxygen atoms in total. The van der Waals surface area contributed by atoms with Crippen LogP contribution >= 0.6 is 11.6 Å². The molecule has 104 valence electrons. The fourth-order valence-corrected chi connectivity index (χ4v) is 2.41. The van der Waals surface area contributed by atoms with Gasteiger partial charge in [-0.15, -0.1) is 0 Å². The van der Waals surface area contributed by atoms with Gasteiger partial charge in [0.05, 0.1) is 17.4 Å². The van der Waals surface area contributed by atoms with Gasteiger partial charge < -0.3 is 9.80 Å². The Hall–Kier alpha value is -1.95. The van der Waals surface area contributed by atoms with Gasteiger partial charge in [0.15, 0.2) is 0 Å². The summed E-state index contributed by atoms with van der Waals surface area (Å²) in [5.74, 6) is 1.74. The number of nitrogens with zero attached hydrogens (tertiary/aromatic N) is 6. The monoisotopic (exact) mass is 290 g/mol. The molecule has 1 saturated heterocycles. The molecule has 0 saturated carbocycles. The van der Waals surface area contributed by atoms with E-state index in [9.17, 15) is 0 Å². The first kappa shape index (κ1) is 13.1. The van der Waals surface area contributed by atoms with Crippen LogP contribution in [-0.4, -0.2) is 46.1 Å². The van der Waals surface area contributed by atoms with Crippen LogP contribution in [0, 0.1) is 6.92 Å². The summed E-state index contributed by atoms with van der Waals surface area (Å²) in [4.78, 5) is 21.3. The Morgan fingerprint density at radius 2 is 1.60 bits per heavy atom. The lowest BCUT2D eigenvalue weighted by molar-refractivity contribution is 0.632. The van der Waals surface area contributed by atoms with Crippen molar-refractivity contribution in [2.24, 2.45) is 0 Å². The molecular formula is C13H15ClN6. The van der Waals surface area contributed by atoms with E-state index in [1.807, 2.05) is 13.1 Å². The van der Waals surface area contributed by atoms with Crippen LogP contribution in [0.5, 0.6) is 0 Å². The first-order valence-electron chi connectivity index (χ1n) is 6.48. The second kappa shape index (κ2) is 5.58. The zero-order valence-corrected chi connectivity index (χ0v) is 12.0. The Bertz CT molecular complexity index is 580. The highest BCUT2D eigenvalue weighted by atomic mass is 35.5. The van der Waals surface area contributed by atoms with Crippen molar-refractivity contribution in [3.8, 4) is 0 Å². The highest BCUT2D eigenvalue weighted by Gasteiger charge is 2.20. The molecule has 20 heavy (non-hydrogen) atoms. The van der Waals surface area contributed by atoms with Crippen molar-refractivity contribution >= 4 is 23.4 Å². The minimum atomic E-state index is 0.559. The third-order valence-corrected chi connectivity index (χ3v) is 3.53. The van der Waals surface area contributed by atoms with Gasteiger partial charge in [-0.1, -0.05) is 11.6 Å². The summed E-state index contributed by atoms with van der Waals surface area (Å²) in [5.41, 5.74) is 1.10. The molecule has 7 heteroatoms. The predicted octanol–water partition coefficient (Wildman–Crippen LogP) is 1.56. The van der Waals surface area contributed by atoms with Crippen LogP contribution < -0.4 is 9.80 Å². The number of aryl methyl sites for hydroxylation is 1. The largest absolute Gasteiger partial charge is 0.353 e. The molecule has 3 rings (SSSR count). The van der Waals surface area contributed by atoms with Crippen LogP contribution in [0.3, 0.4) is 0 Å². The van der Waals surface area contributed by atoms with Crippen LogP contribution in [0.25, 0.3) is 0 Å². The molecule has 0 unspecified atom stereocenters. The number of aromatic nitrogens is 4. The van der Waals surface area contributed by atoms with Crippen molar-refractivity contribution in [1.82, 2.24) is 19.9 Å². The number of rotatable bonds is 2. The lowest BCUT2D eigenvalue weighted by Gasteiger charge is -2.35. The summed E-state index contributed by atoms with van der Waals surface area (Å²) in [7, 11) is 0. The van der Waals surface area contributed by atoms with Crippen LogP contribution in [-0.2, 0) is 0 Å². The Morgan fingerprint density at radius 1 is 0.950 bits per heavy atom. The van der Waals surface area contributed by atoms with Crippen LogP contribution in [0.2, 0.25) is 5.02 Å². The van der Waals surface area contributed by atoms with E-state index < -0.39 is 0 Å². The summed E-state index contributed by atoms with van der Waals surface area (Å²) in [6.07, 6.45) is 6.70. The van der Waals surface area contributed by atoms with E-state index in [0.29, 0.717) is 5.02 Å². The molecule has 2 aromatic rings. The average molecular weight is 291 g/mol. The number of piperazine rings is 1.